The predicted molar refractivity (Wildman–Crippen MR) is 66.8 cm³/mol. The molecule has 1 rings (SSSR count). The van der Waals surface area contributed by atoms with Gasteiger partial charge >= 0.3 is 0 Å². The second-order valence-corrected chi connectivity index (χ2v) is 3.86. The van der Waals surface area contributed by atoms with Crippen LogP contribution < -0.4 is 10.1 Å². The molecule has 17 heavy (non-hydrogen) atoms. The number of amides is 1. The maximum atomic E-state index is 11.8. The van der Waals surface area contributed by atoms with E-state index in [1.165, 1.54) is 0 Å². The highest BCUT2D eigenvalue weighted by Gasteiger charge is 2.10. The maximum absolute atomic E-state index is 11.8. The summed E-state index contributed by atoms with van der Waals surface area (Å²) in [6.07, 6.45) is 0.774. The number of nitrogens with one attached hydrogen (secondary N) is 1. The SMILES string of the molecule is COCCCNC(=O)c1ccc(OC)cc1Cl. The minimum absolute atomic E-state index is 0.186. The molecular formula is C12H16ClNO3. The van der Waals surface area contributed by atoms with E-state index in [-0.39, 0.29) is 5.91 Å². The van der Waals surface area contributed by atoms with Crippen molar-refractivity contribution in [3.05, 3.63) is 28.8 Å². The monoisotopic (exact) mass is 257 g/mol. The summed E-state index contributed by atoms with van der Waals surface area (Å²) in [5.74, 6) is 0.444. The molecule has 4 nitrogen and oxygen atoms in total. The zero-order valence-corrected chi connectivity index (χ0v) is 10.7. The van der Waals surface area contributed by atoms with Gasteiger partial charge in [0.25, 0.3) is 5.91 Å². The van der Waals surface area contributed by atoms with Gasteiger partial charge in [-0.3, -0.25) is 4.79 Å². The van der Waals surface area contributed by atoms with Crippen molar-refractivity contribution < 1.29 is 14.3 Å². The molecule has 1 aromatic rings. The predicted octanol–water partition coefficient (Wildman–Crippen LogP) is 2.11. The van der Waals surface area contributed by atoms with Gasteiger partial charge in [-0.1, -0.05) is 11.6 Å². The standard InChI is InChI=1S/C12H16ClNO3/c1-16-7-3-6-14-12(15)10-5-4-9(17-2)8-11(10)13/h4-5,8H,3,6-7H2,1-2H3,(H,14,15). The van der Waals surface area contributed by atoms with Gasteiger partial charge in [0.05, 0.1) is 17.7 Å². The molecule has 0 unspecified atom stereocenters. The van der Waals surface area contributed by atoms with Crippen LogP contribution in [0.1, 0.15) is 16.8 Å². The van der Waals surface area contributed by atoms with Gasteiger partial charge < -0.3 is 14.8 Å². The van der Waals surface area contributed by atoms with E-state index in [2.05, 4.69) is 5.32 Å². The van der Waals surface area contributed by atoms with Gasteiger partial charge in [0.2, 0.25) is 0 Å². The number of rotatable bonds is 6. The summed E-state index contributed by atoms with van der Waals surface area (Å²) in [4.78, 5) is 11.8. The summed E-state index contributed by atoms with van der Waals surface area (Å²) in [7, 11) is 3.18. The summed E-state index contributed by atoms with van der Waals surface area (Å²) in [5, 5.41) is 3.15. The van der Waals surface area contributed by atoms with Crippen LogP contribution >= 0.6 is 11.6 Å². The highest BCUT2D eigenvalue weighted by Crippen LogP contribution is 2.22. The van der Waals surface area contributed by atoms with Gasteiger partial charge in [-0.15, -0.1) is 0 Å². The maximum Gasteiger partial charge on any atom is 0.252 e. The molecule has 0 heterocycles. The minimum Gasteiger partial charge on any atom is -0.497 e. The molecule has 5 heteroatoms. The van der Waals surface area contributed by atoms with Crippen molar-refractivity contribution >= 4 is 17.5 Å². The van der Waals surface area contributed by atoms with Crippen LogP contribution in [-0.2, 0) is 4.74 Å². The first-order valence-electron chi connectivity index (χ1n) is 5.29. The lowest BCUT2D eigenvalue weighted by Gasteiger charge is -2.07. The molecule has 0 saturated carbocycles. The van der Waals surface area contributed by atoms with Crippen LogP contribution in [0.5, 0.6) is 5.75 Å². The highest BCUT2D eigenvalue weighted by atomic mass is 35.5. The second kappa shape index (κ2) is 7.14. The Morgan fingerprint density at radius 2 is 2.18 bits per heavy atom. The topological polar surface area (TPSA) is 47.6 Å². The molecule has 0 radical (unpaired) electrons. The molecular weight excluding hydrogens is 242 g/mol. The number of hydrogen-bond acceptors (Lipinski definition) is 3. The Morgan fingerprint density at radius 1 is 1.41 bits per heavy atom. The lowest BCUT2D eigenvalue weighted by atomic mass is 10.2. The molecule has 0 aliphatic carbocycles. The Hall–Kier alpha value is -1.26. The van der Waals surface area contributed by atoms with Gasteiger partial charge in [-0.2, -0.15) is 0 Å². The van der Waals surface area contributed by atoms with Crippen molar-refractivity contribution in [2.75, 3.05) is 27.4 Å². The summed E-state index contributed by atoms with van der Waals surface area (Å²) >= 11 is 5.98. The summed E-state index contributed by atoms with van der Waals surface area (Å²) < 4.78 is 9.90. The molecule has 0 spiro atoms. The Morgan fingerprint density at radius 3 is 2.76 bits per heavy atom. The van der Waals surface area contributed by atoms with E-state index in [0.29, 0.717) is 29.5 Å². The Labute approximate surface area is 106 Å². The third-order valence-corrected chi connectivity index (χ3v) is 2.54. The normalized spacial score (nSPS) is 10.1. The molecule has 0 bridgehead atoms. The van der Waals surface area contributed by atoms with E-state index in [4.69, 9.17) is 21.1 Å². The molecule has 1 aromatic carbocycles. The smallest absolute Gasteiger partial charge is 0.252 e. The third kappa shape index (κ3) is 4.24. The molecule has 0 saturated heterocycles. The lowest BCUT2D eigenvalue weighted by molar-refractivity contribution is 0.0948. The Kier molecular flexibility index (Phi) is 5.80. The number of carbonyl (C=O) groups is 1. The van der Waals surface area contributed by atoms with Gasteiger partial charge in [-0.25, -0.2) is 0 Å². The average molecular weight is 258 g/mol. The first-order chi connectivity index (χ1) is 8.19. The van der Waals surface area contributed by atoms with Gasteiger partial charge in [-0.05, 0) is 24.6 Å². The molecule has 0 fully saturated rings. The van der Waals surface area contributed by atoms with Gasteiger partial charge in [0, 0.05) is 20.3 Å². The van der Waals surface area contributed by atoms with Crippen LogP contribution in [0.2, 0.25) is 5.02 Å². The summed E-state index contributed by atoms with van der Waals surface area (Å²) in [5.41, 5.74) is 0.449. The molecule has 0 aliphatic rings. The Bertz CT molecular complexity index is 382. The molecule has 0 aromatic heterocycles. The first kappa shape index (κ1) is 13.8. The van der Waals surface area contributed by atoms with E-state index >= 15 is 0 Å². The number of ether oxygens (including phenoxy) is 2. The fourth-order valence-corrected chi connectivity index (χ4v) is 1.58. The lowest BCUT2D eigenvalue weighted by Crippen LogP contribution is -2.25. The second-order valence-electron chi connectivity index (χ2n) is 3.45. The van der Waals surface area contributed by atoms with Crippen LogP contribution in [0.4, 0.5) is 0 Å². The van der Waals surface area contributed by atoms with Crippen LogP contribution in [-0.4, -0.2) is 33.3 Å². The van der Waals surface area contributed by atoms with Crippen LogP contribution in [0.3, 0.4) is 0 Å². The van der Waals surface area contributed by atoms with Gasteiger partial charge in [0.1, 0.15) is 5.75 Å². The largest absolute Gasteiger partial charge is 0.497 e. The zero-order valence-electron chi connectivity index (χ0n) is 9.96. The first-order valence-corrected chi connectivity index (χ1v) is 5.67. The van der Waals surface area contributed by atoms with Crippen LogP contribution in [0, 0.1) is 0 Å². The van der Waals surface area contributed by atoms with Crippen molar-refractivity contribution in [1.29, 1.82) is 0 Å². The van der Waals surface area contributed by atoms with Crippen molar-refractivity contribution in [2.24, 2.45) is 0 Å². The van der Waals surface area contributed by atoms with E-state index in [1.807, 2.05) is 0 Å². The van der Waals surface area contributed by atoms with Crippen molar-refractivity contribution in [2.45, 2.75) is 6.42 Å². The van der Waals surface area contributed by atoms with E-state index in [0.717, 1.165) is 6.42 Å². The number of halogens is 1. The van der Waals surface area contributed by atoms with Crippen molar-refractivity contribution in [3.8, 4) is 5.75 Å². The Balaban J connectivity index is 2.57. The summed E-state index contributed by atoms with van der Waals surface area (Å²) in [6.45, 7) is 1.19. The average Bonchev–Trinajstić information content (AvgIpc) is 2.34. The molecule has 94 valence electrons. The van der Waals surface area contributed by atoms with E-state index < -0.39 is 0 Å². The molecule has 0 atom stereocenters. The number of hydrogen-bond donors (Lipinski definition) is 1. The number of methoxy groups -OCH3 is 2. The number of benzene rings is 1. The molecule has 0 aliphatic heterocycles. The summed E-state index contributed by atoms with van der Waals surface area (Å²) in [6, 6.07) is 4.97. The third-order valence-electron chi connectivity index (χ3n) is 2.23. The van der Waals surface area contributed by atoms with Crippen molar-refractivity contribution in [3.63, 3.8) is 0 Å². The van der Waals surface area contributed by atoms with E-state index in [9.17, 15) is 4.79 Å². The van der Waals surface area contributed by atoms with E-state index in [1.54, 1.807) is 32.4 Å². The van der Waals surface area contributed by atoms with Crippen LogP contribution in [0.15, 0.2) is 18.2 Å². The van der Waals surface area contributed by atoms with Gasteiger partial charge in [0.15, 0.2) is 0 Å². The highest BCUT2D eigenvalue weighted by molar-refractivity contribution is 6.34. The zero-order chi connectivity index (χ0) is 12.7. The number of carbonyl (C=O) groups excluding carboxylic acids is 1. The minimum atomic E-state index is -0.186. The quantitative estimate of drug-likeness (QED) is 0.794. The fraction of sp³-hybridized carbons (Fsp3) is 0.417. The molecule has 1 N–H and O–H groups in total. The molecule has 1 amide bonds. The fourth-order valence-electron chi connectivity index (χ4n) is 1.32. The van der Waals surface area contributed by atoms with Crippen LogP contribution in [0.25, 0.3) is 0 Å². The van der Waals surface area contributed by atoms with Crippen molar-refractivity contribution in [1.82, 2.24) is 5.32 Å².